The maximum Gasteiger partial charge on any atom is 0.306 e. The molecular weight excluding hydrogens is 232 g/mol. The Labute approximate surface area is 108 Å². The van der Waals surface area contributed by atoms with Crippen molar-refractivity contribution in [2.45, 2.75) is 38.6 Å². The molecule has 5 heteroatoms. The Bertz CT molecular complexity index is 326. The second kappa shape index (κ2) is 5.69. The van der Waals surface area contributed by atoms with Gasteiger partial charge in [-0.2, -0.15) is 0 Å². The van der Waals surface area contributed by atoms with Crippen LogP contribution in [-0.4, -0.2) is 47.6 Å². The van der Waals surface area contributed by atoms with Crippen molar-refractivity contribution in [1.29, 1.82) is 0 Å². The van der Waals surface area contributed by atoms with E-state index in [4.69, 9.17) is 5.11 Å². The number of amides is 1. The minimum atomic E-state index is -0.728. The van der Waals surface area contributed by atoms with Gasteiger partial charge in [-0.1, -0.05) is 0 Å². The third-order valence-electron chi connectivity index (χ3n) is 4.17. The molecule has 0 spiro atoms. The van der Waals surface area contributed by atoms with Crippen LogP contribution in [0.3, 0.4) is 0 Å². The zero-order valence-corrected chi connectivity index (χ0v) is 10.9. The quantitative estimate of drug-likeness (QED) is 0.778. The largest absolute Gasteiger partial charge is 0.481 e. The first-order valence-corrected chi connectivity index (χ1v) is 6.81. The van der Waals surface area contributed by atoms with E-state index < -0.39 is 5.97 Å². The molecule has 102 valence electrons. The van der Waals surface area contributed by atoms with Gasteiger partial charge in [0.05, 0.1) is 5.92 Å². The summed E-state index contributed by atoms with van der Waals surface area (Å²) in [5.41, 5.74) is 0. The standard InChI is InChI=1S/C13H22N2O3/c1-9-6-11(13(17)18)3-5-15(9)12(16)7-10-2-4-14-8-10/h9-11,14H,2-8H2,1H3,(H,17,18). The van der Waals surface area contributed by atoms with Gasteiger partial charge in [-0.25, -0.2) is 0 Å². The monoisotopic (exact) mass is 254 g/mol. The summed E-state index contributed by atoms with van der Waals surface area (Å²) < 4.78 is 0. The fraction of sp³-hybridized carbons (Fsp3) is 0.846. The summed E-state index contributed by atoms with van der Waals surface area (Å²) in [6, 6.07) is 0.0571. The van der Waals surface area contributed by atoms with Crippen LogP contribution in [0.2, 0.25) is 0 Å². The molecule has 3 unspecified atom stereocenters. The van der Waals surface area contributed by atoms with E-state index in [0.717, 1.165) is 19.5 Å². The van der Waals surface area contributed by atoms with Gasteiger partial charge in [0.2, 0.25) is 5.91 Å². The molecule has 5 nitrogen and oxygen atoms in total. The molecule has 1 amide bonds. The first-order valence-electron chi connectivity index (χ1n) is 6.81. The summed E-state index contributed by atoms with van der Waals surface area (Å²) in [4.78, 5) is 25.0. The zero-order chi connectivity index (χ0) is 13.1. The Balaban J connectivity index is 1.85. The Morgan fingerprint density at radius 1 is 1.39 bits per heavy atom. The van der Waals surface area contributed by atoms with Crippen LogP contribution in [-0.2, 0) is 9.59 Å². The first-order chi connectivity index (χ1) is 8.58. The number of nitrogens with zero attached hydrogens (tertiary/aromatic N) is 1. The Kier molecular flexibility index (Phi) is 4.22. The van der Waals surface area contributed by atoms with Crippen molar-refractivity contribution in [1.82, 2.24) is 10.2 Å². The lowest BCUT2D eigenvalue weighted by atomic mass is 9.91. The van der Waals surface area contributed by atoms with Crippen LogP contribution in [0.15, 0.2) is 0 Å². The molecule has 0 bridgehead atoms. The maximum atomic E-state index is 12.2. The van der Waals surface area contributed by atoms with E-state index in [2.05, 4.69) is 5.32 Å². The molecule has 2 aliphatic rings. The van der Waals surface area contributed by atoms with E-state index >= 15 is 0 Å². The van der Waals surface area contributed by atoms with Crippen LogP contribution in [0.5, 0.6) is 0 Å². The number of hydrogen-bond acceptors (Lipinski definition) is 3. The highest BCUT2D eigenvalue weighted by atomic mass is 16.4. The third-order valence-corrected chi connectivity index (χ3v) is 4.17. The summed E-state index contributed by atoms with van der Waals surface area (Å²) in [6.07, 6.45) is 2.86. The van der Waals surface area contributed by atoms with Gasteiger partial charge in [0.25, 0.3) is 0 Å². The van der Waals surface area contributed by atoms with E-state index in [1.54, 1.807) is 0 Å². The minimum absolute atomic E-state index is 0.0571. The van der Waals surface area contributed by atoms with Gasteiger partial charge in [0, 0.05) is 19.0 Å². The van der Waals surface area contributed by atoms with E-state index in [0.29, 0.717) is 31.7 Å². The van der Waals surface area contributed by atoms with Gasteiger partial charge in [0.15, 0.2) is 0 Å². The lowest BCUT2D eigenvalue weighted by Gasteiger charge is -2.36. The average Bonchev–Trinajstić information content (AvgIpc) is 2.81. The van der Waals surface area contributed by atoms with Gasteiger partial charge in [-0.3, -0.25) is 9.59 Å². The van der Waals surface area contributed by atoms with E-state index in [1.807, 2.05) is 11.8 Å². The fourth-order valence-electron chi connectivity index (χ4n) is 3.02. The number of carbonyl (C=O) groups is 2. The van der Waals surface area contributed by atoms with Gasteiger partial charge < -0.3 is 15.3 Å². The van der Waals surface area contributed by atoms with Crippen molar-refractivity contribution in [3.8, 4) is 0 Å². The molecule has 2 rings (SSSR count). The molecule has 0 radical (unpaired) electrons. The van der Waals surface area contributed by atoms with Crippen molar-refractivity contribution < 1.29 is 14.7 Å². The second-order valence-electron chi connectivity index (χ2n) is 5.56. The SMILES string of the molecule is CC1CC(C(=O)O)CCN1C(=O)CC1CCNC1. The summed E-state index contributed by atoms with van der Waals surface area (Å²) in [5, 5.41) is 12.3. The molecule has 0 aromatic rings. The van der Waals surface area contributed by atoms with E-state index in [-0.39, 0.29) is 17.9 Å². The molecule has 2 heterocycles. The van der Waals surface area contributed by atoms with Crippen molar-refractivity contribution in [2.24, 2.45) is 11.8 Å². The predicted molar refractivity (Wildman–Crippen MR) is 67.1 cm³/mol. The van der Waals surface area contributed by atoms with Crippen molar-refractivity contribution in [2.75, 3.05) is 19.6 Å². The van der Waals surface area contributed by atoms with Gasteiger partial charge in [0.1, 0.15) is 0 Å². The molecule has 2 aliphatic heterocycles. The number of likely N-dealkylation sites (tertiary alicyclic amines) is 1. The summed E-state index contributed by atoms with van der Waals surface area (Å²) in [5.74, 6) is -0.354. The smallest absolute Gasteiger partial charge is 0.306 e. The molecule has 3 atom stereocenters. The first kappa shape index (κ1) is 13.3. The molecule has 2 saturated heterocycles. The number of piperidine rings is 1. The van der Waals surface area contributed by atoms with Gasteiger partial charge in [-0.05, 0) is 45.2 Å². The summed E-state index contributed by atoms with van der Waals surface area (Å²) >= 11 is 0. The minimum Gasteiger partial charge on any atom is -0.481 e. The molecule has 2 N–H and O–H groups in total. The molecule has 18 heavy (non-hydrogen) atoms. The average molecular weight is 254 g/mol. The fourth-order valence-corrected chi connectivity index (χ4v) is 3.02. The number of rotatable bonds is 3. The Morgan fingerprint density at radius 2 is 2.17 bits per heavy atom. The topological polar surface area (TPSA) is 69.6 Å². The Morgan fingerprint density at radius 3 is 2.72 bits per heavy atom. The van der Waals surface area contributed by atoms with Crippen LogP contribution in [0.25, 0.3) is 0 Å². The molecule has 0 aliphatic carbocycles. The van der Waals surface area contributed by atoms with E-state index in [9.17, 15) is 9.59 Å². The van der Waals surface area contributed by atoms with Crippen LogP contribution in [0.4, 0.5) is 0 Å². The zero-order valence-electron chi connectivity index (χ0n) is 10.9. The highest BCUT2D eigenvalue weighted by Crippen LogP contribution is 2.25. The maximum absolute atomic E-state index is 12.2. The van der Waals surface area contributed by atoms with Gasteiger partial charge in [-0.15, -0.1) is 0 Å². The number of carbonyl (C=O) groups excluding carboxylic acids is 1. The number of hydrogen-bond donors (Lipinski definition) is 2. The molecular formula is C13H22N2O3. The number of carboxylic acids is 1. The van der Waals surface area contributed by atoms with Crippen molar-refractivity contribution >= 4 is 11.9 Å². The number of carboxylic acid groups (broad SMARTS) is 1. The summed E-state index contributed by atoms with van der Waals surface area (Å²) in [6.45, 7) is 4.50. The lowest BCUT2D eigenvalue weighted by molar-refractivity contribution is -0.147. The molecule has 2 fully saturated rings. The number of nitrogens with one attached hydrogen (secondary N) is 1. The lowest BCUT2D eigenvalue weighted by Crippen LogP contribution is -2.46. The number of aliphatic carboxylic acids is 1. The van der Waals surface area contributed by atoms with Crippen LogP contribution in [0.1, 0.15) is 32.6 Å². The predicted octanol–water partition coefficient (Wildman–Crippen LogP) is 0.698. The van der Waals surface area contributed by atoms with Gasteiger partial charge >= 0.3 is 5.97 Å². The molecule has 0 saturated carbocycles. The van der Waals surface area contributed by atoms with Crippen molar-refractivity contribution in [3.63, 3.8) is 0 Å². The highest BCUT2D eigenvalue weighted by molar-refractivity contribution is 5.77. The molecule has 0 aromatic heterocycles. The van der Waals surface area contributed by atoms with Crippen LogP contribution >= 0.6 is 0 Å². The Hall–Kier alpha value is -1.10. The van der Waals surface area contributed by atoms with Crippen LogP contribution in [0, 0.1) is 11.8 Å². The van der Waals surface area contributed by atoms with E-state index in [1.165, 1.54) is 0 Å². The molecule has 0 aromatic carbocycles. The second-order valence-corrected chi connectivity index (χ2v) is 5.56. The van der Waals surface area contributed by atoms with Crippen LogP contribution < -0.4 is 5.32 Å². The summed E-state index contributed by atoms with van der Waals surface area (Å²) in [7, 11) is 0. The normalized spacial score (nSPS) is 32.5. The highest BCUT2D eigenvalue weighted by Gasteiger charge is 2.33. The third kappa shape index (κ3) is 3.02. The van der Waals surface area contributed by atoms with Crippen molar-refractivity contribution in [3.05, 3.63) is 0 Å².